The average molecular weight is 394 g/mol. The van der Waals surface area contributed by atoms with Gasteiger partial charge in [0.1, 0.15) is 0 Å². The molecule has 27 heavy (non-hydrogen) atoms. The third-order valence-electron chi connectivity index (χ3n) is 4.08. The van der Waals surface area contributed by atoms with Crippen molar-refractivity contribution in [3.05, 3.63) is 59.7 Å². The summed E-state index contributed by atoms with van der Waals surface area (Å²) in [6.07, 6.45) is -3.83. The number of anilines is 1. The molecule has 0 bridgehead atoms. The number of fused-ring (bicyclic) bond motifs is 1. The molecule has 142 valence electrons. The molecule has 2 aromatic rings. The fraction of sp³-hybridized carbons (Fsp3) is 0.263. The number of rotatable bonds is 5. The zero-order valence-corrected chi connectivity index (χ0v) is 15.0. The van der Waals surface area contributed by atoms with Crippen LogP contribution in [0.2, 0.25) is 0 Å². The van der Waals surface area contributed by atoms with Crippen molar-refractivity contribution < 1.29 is 22.8 Å². The molecule has 0 fully saturated rings. The van der Waals surface area contributed by atoms with Gasteiger partial charge in [0.25, 0.3) is 0 Å². The van der Waals surface area contributed by atoms with Crippen molar-refractivity contribution in [3.8, 4) is 0 Å². The maximum atomic E-state index is 12.8. The molecule has 0 aromatic heterocycles. The van der Waals surface area contributed by atoms with Gasteiger partial charge in [0, 0.05) is 17.9 Å². The number of hydrogen-bond acceptors (Lipinski definition) is 3. The lowest BCUT2D eigenvalue weighted by Gasteiger charge is -2.24. The molecular formula is C19H17F3N2O2S. The maximum Gasteiger partial charge on any atom is 0.416 e. The van der Waals surface area contributed by atoms with Crippen LogP contribution in [0.5, 0.6) is 0 Å². The van der Waals surface area contributed by atoms with Gasteiger partial charge in [0.15, 0.2) is 0 Å². The van der Waals surface area contributed by atoms with E-state index < -0.39 is 22.9 Å². The Morgan fingerprint density at radius 2 is 1.89 bits per heavy atom. The highest BCUT2D eigenvalue weighted by molar-refractivity contribution is 8.01. The maximum absolute atomic E-state index is 12.8. The summed E-state index contributed by atoms with van der Waals surface area (Å²) in [4.78, 5) is 24.8. The Morgan fingerprint density at radius 3 is 2.59 bits per heavy atom. The van der Waals surface area contributed by atoms with Gasteiger partial charge in [-0.3, -0.25) is 9.59 Å². The van der Waals surface area contributed by atoms with E-state index in [0.717, 1.165) is 29.5 Å². The van der Waals surface area contributed by atoms with Crippen molar-refractivity contribution in [2.75, 3.05) is 11.9 Å². The van der Waals surface area contributed by atoms with Crippen LogP contribution in [-0.4, -0.2) is 23.6 Å². The number of carbonyl (C=O) groups is 2. The van der Waals surface area contributed by atoms with Gasteiger partial charge >= 0.3 is 6.18 Å². The molecule has 0 saturated carbocycles. The lowest BCUT2D eigenvalue weighted by atomic mass is 10.1. The van der Waals surface area contributed by atoms with E-state index in [2.05, 4.69) is 10.6 Å². The van der Waals surface area contributed by atoms with Crippen LogP contribution in [0.4, 0.5) is 18.9 Å². The van der Waals surface area contributed by atoms with Gasteiger partial charge in [-0.15, -0.1) is 11.8 Å². The fourth-order valence-electron chi connectivity index (χ4n) is 2.69. The van der Waals surface area contributed by atoms with Crippen molar-refractivity contribution >= 4 is 29.3 Å². The van der Waals surface area contributed by atoms with Crippen LogP contribution >= 0.6 is 11.8 Å². The van der Waals surface area contributed by atoms with E-state index in [0.29, 0.717) is 17.9 Å². The van der Waals surface area contributed by atoms with Gasteiger partial charge in [-0.1, -0.05) is 30.3 Å². The van der Waals surface area contributed by atoms with Crippen LogP contribution in [0.3, 0.4) is 0 Å². The average Bonchev–Trinajstić information content (AvgIpc) is 2.62. The first-order valence-corrected chi connectivity index (χ1v) is 9.20. The minimum atomic E-state index is -4.47. The fourth-order valence-corrected chi connectivity index (χ4v) is 3.78. The Hall–Kier alpha value is -2.48. The van der Waals surface area contributed by atoms with E-state index in [4.69, 9.17) is 0 Å². The lowest BCUT2D eigenvalue weighted by Crippen LogP contribution is -2.35. The molecule has 0 radical (unpaired) electrons. The van der Waals surface area contributed by atoms with E-state index >= 15 is 0 Å². The summed E-state index contributed by atoms with van der Waals surface area (Å²) in [6, 6.07) is 12.9. The standard InChI is InChI=1S/C19H17F3N2O2S/c20-19(21,22)13-6-7-15-14(10-13)24-18(26)16(27-15)11-17(25)23-9-8-12-4-2-1-3-5-12/h1-7,10,16H,8-9,11H2,(H,23,25)(H,24,26). The summed E-state index contributed by atoms with van der Waals surface area (Å²) in [5.41, 5.74) is 0.400. The molecule has 1 atom stereocenters. The third kappa shape index (κ3) is 5.03. The minimum absolute atomic E-state index is 0.0360. The summed E-state index contributed by atoms with van der Waals surface area (Å²) in [7, 11) is 0. The molecule has 2 amide bonds. The molecule has 0 spiro atoms. The Kier molecular flexibility index (Phi) is 5.74. The molecule has 3 rings (SSSR count). The molecule has 1 aliphatic heterocycles. The van der Waals surface area contributed by atoms with Gasteiger partial charge in [-0.25, -0.2) is 0 Å². The van der Waals surface area contributed by atoms with Gasteiger partial charge < -0.3 is 10.6 Å². The highest BCUT2D eigenvalue weighted by atomic mass is 32.2. The second kappa shape index (κ2) is 8.04. The molecule has 2 aromatic carbocycles. The number of nitrogens with one attached hydrogen (secondary N) is 2. The van der Waals surface area contributed by atoms with Crippen molar-refractivity contribution in [2.45, 2.75) is 29.2 Å². The third-order valence-corrected chi connectivity index (χ3v) is 5.35. The SMILES string of the molecule is O=C(CC1Sc2ccc(C(F)(F)F)cc2NC1=O)NCCc1ccccc1. The zero-order valence-electron chi connectivity index (χ0n) is 14.2. The normalized spacial score (nSPS) is 16.4. The van der Waals surface area contributed by atoms with Gasteiger partial charge in [0.2, 0.25) is 11.8 Å². The lowest BCUT2D eigenvalue weighted by molar-refractivity contribution is -0.137. The summed E-state index contributed by atoms with van der Waals surface area (Å²) < 4.78 is 38.3. The van der Waals surface area contributed by atoms with Crippen molar-refractivity contribution in [1.29, 1.82) is 0 Å². The highest BCUT2D eigenvalue weighted by Crippen LogP contribution is 2.40. The number of carbonyl (C=O) groups excluding carboxylic acids is 2. The summed E-state index contributed by atoms with van der Waals surface area (Å²) in [5.74, 6) is -0.737. The number of halogens is 3. The van der Waals surface area contributed by atoms with Crippen molar-refractivity contribution in [3.63, 3.8) is 0 Å². The van der Waals surface area contributed by atoms with Crippen LogP contribution < -0.4 is 10.6 Å². The van der Waals surface area contributed by atoms with E-state index in [1.165, 1.54) is 6.07 Å². The monoisotopic (exact) mass is 394 g/mol. The first kappa shape index (κ1) is 19.3. The van der Waals surface area contributed by atoms with Gasteiger partial charge in [-0.05, 0) is 30.2 Å². The number of amides is 2. The van der Waals surface area contributed by atoms with Crippen LogP contribution in [0, 0.1) is 0 Å². The Labute approximate surface area is 158 Å². The minimum Gasteiger partial charge on any atom is -0.356 e. The predicted octanol–water partition coefficient (Wildman–Crippen LogP) is 3.87. The van der Waals surface area contributed by atoms with Crippen LogP contribution in [0.1, 0.15) is 17.5 Å². The molecule has 1 aliphatic rings. The van der Waals surface area contributed by atoms with Gasteiger partial charge in [0.05, 0.1) is 16.5 Å². The van der Waals surface area contributed by atoms with E-state index in [1.807, 2.05) is 30.3 Å². The van der Waals surface area contributed by atoms with E-state index in [9.17, 15) is 22.8 Å². The van der Waals surface area contributed by atoms with Crippen LogP contribution in [0.15, 0.2) is 53.4 Å². The first-order valence-electron chi connectivity index (χ1n) is 8.32. The summed E-state index contributed by atoms with van der Waals surface area (Å²) in [6.45, 7) is 0.452. The molecule has 8 heteroatoms. The Morgan fingerprint density at radius 1 is 1.15 bits per heavy atom. The largest absolute Gasteiger partial charge is 0.416 e. The van der Waals surface area contributed by atoms with E-state index in [1.54, 1.807) is 0 Å². The highest BCUT2D eigenvalue weighted by Gasteiger charge is 2.34. The van der Waals surface area contributed by atoms with Crippen LogP contribution in [-0.2, 0) is 22.2 Å². The second-order valence-electron chi connectivity index (χ2n) is 6.09. The molecule has 1 heterocycles. The molecule has 0 aliphatic carbocycles. The Balaban J connectivity index is 1.55. The number of hydrogen-bond donors (Lipinski definition) is 2. The quantitative estimate of drug-likeness (QED) is 0.810. The molecule has 1 unspecified atom stereocenters. The first-order chi connectivity index (χ1) is 12.8. The topological polar surface area (TPSA) is 58.2 Å². The summed E-state index contributed by atoms with van der Waals surface area (Å²) in [5, 5.41) is 4.57. The van der Waals surface area contributed by atoms with Crippen LogP contribution in [0.25, 0.3) is 0 Å². The van der Waals surface area contributed by atoms with Crippen molar-refractivity contribution in [2.24, 2.45) is 0 Å². The molecule has 0 saturated heterocycles. The number of benzene rings is 2. The molecule has 2 N–H and O–H groups in total. The van der Waals surface area contributed by atoms with E-state index in [-0.39, 0.29) is 18.0 Å². The molecular weight excluding hydrogens is 377 g/mol. The Bertz CT molecular complexity index is 841. The summed E-state index contributed by atoms with van der Waals surface area (Å²) >= 11 is 1.10. The number of thioether (sulfide) groups is 1. The van der Waals surface area contributed by atoms with Gasteiger partial charge in [-0.2, -0.15) is 13.2 Å². The predicted molar refractivity (Wildman–Crippen MR) is 97.5 cm³/mol. The van der Waals surface area contributed by atoms with Crippen molar-refractivity contribution in [1.82, 2.24) is 5.32 Å². The zero-order chi connectivity index (χ0) is 19.4. The second-order valence-corrected chi connectivity index (χ2v) is 7.34. The molecule has 4 nitrogen and oxygen atoms in total. The number of alkyl halides is 3. The smallest absolute Gasteiger partial charge is 0.356 e.